The van der Waals surface area contributed by atoms with Crippen molar-refractivity contribution in [3.05, 3.63) is 83.4 Å². The Morgan fingerprint density at radius 1 is 0.839 bits per heavy atom. The van der Waals surface area contributed by atoms with Crippen LogP contribution in [0.2, 0.25) is 0 Å². The van der Waals surface area contributed by atoms with E-state index in [1.54, 1.807) is 68.8 Å². The number of nitrogens with zero attached hydrogens (tertiary/aromatic N) is 1. The molecule has 0 aliphatic carbocycles. The number of rotatable bonds is 7. The maximum Gasteiger partial charge on any atom is 0.343 e. The van der Waals surface area contributed by atoms with Crippen molar-refractivity contribution in [3.8, 4) is 29.1 Å². The fourth-order valence-corrected chi connectivity index (χ4v) is 2.95. The van der Waals surface area contributed by atoms with Crippen LogP contribution in [0.25, 0.3) is 11.6 Å². The van der Waals surface area contributed by atoms with Crippen molar-refractivity contribution in [1.82, 2.24) is 0 Å². The van der Waals surface area contributed by atoms with Gasteiger partial charge in [-0.15, -0.1) is 0 Å². The Labute approximate surface area is 180 Å². The minimum atomic E-state index is -0.518. The summed E-state index contributed by atoms with van der Waals surface area (Å²) in [5, 5.41) is 9.64. The van der Waals surface area contributed by atoms with Gasteiger partial charge < -0.3 is 18.9 Å². The first-order valence-electron chi connectivity index (χ1n) is 9.39. The lowest BCUT2D eigenvalue weighted by Crippen LogP contribution is -2.09. The normalized spacial score (nSPS) is 10.7. The number of hydrogen-bond donors (Lipinski definition) is 0. The van der Waals surface area contributed by atoms with Crippen molar-refractivity contribution in [1.29, 1.82) is 5.26 Å². The van der Waals surface area contributed by atoms with Crippen LogP contribution in [0.5, 0.6) is 23.0 Å². The number of nitriles is 1. The fourth-order valence-electron chi connectivity index (χ4n) is 2.95. The quantitative estimate of drug-likeness (QED) is 0.234. The van der Waals surface area contributed by atoms with Gasteiger partial charge in [0, 0.05) is 5.56 Å². The number of para-hydroxylation sites is 1. The monoisotopic (exact) mass is 415 g/mol. The summed E-state index contributed by atoms with van der Waals surface area (Å²) in [7, 11) is 4.60. The van der Waals surface area contributed by atoms with E-state index in [0.717, 1.165) is 0 Å². The van der Waals surface area contributed by atoms with Gasteiger partial charge in [0.1, 0.15) is 11.5 Å². The highest BCUT2D eigenvalue weighted by Crippen LogP contribution is 2.32. The van der Waals surface area contributed by atoms with Crippen molar-refractivity contribution in [2.75, 3.05) is 21.3 Å². The molecule has 156 valence electrons. The first kappa shape index (κ1) is 21.5. The summed E-state index contributed by atoms with van der Waals surface area (Å²) < 4.78 is 21.3. The van der Waals surface area contributed by atoms with Crippen molar-refractivity contribution in [2.45, 2.75) is 0 Å². The predicted molar refractivity (Wildman–Crippen MR) is 117 cm³/mol. The zero-order valence-electron chi connectivity index (χ0n) is 17.4. The Hall–Kier alpha value is -4.24. The minimum absolute atomic E-state index is 0.274. The van der Waals surface area contributed by atoms with Gasteiger partial charge in [-0.2, -0.15) is 5.26 Å². The average Bonchev–Trinajstić information content (AvgIpc) is 2.83. The first-order chi connectivity index (χ1) is 15.1. The van der Waals surface area contributed by atoms with Gasteiger partial charge in [-0.05, 0) is 60.2 Å². The molecule has 3 aromatic rings. The molecular formula is C25H21NO5. The number of benzene rings is 3. The third kappa shape index (κ3) is 5.03. The summed E-state index contributed by atoms with van der Waals surface area (Å²) in [6, 6.07) is 21.2. The molecule has 3 rings (SSSR count). The molecule has 31 heavy (non-hydrogen) atoms. The standard InChI is InChI=1S/C25H21NO5/c1-28-20-11-9-18(10-12-20)25(27)31-23-13-8-17(15-24(23)30-3)14-19(16-26)21-6-4-5-7-22(21)29-2/h4-15H,1-3H3/b19-14-. The summed E-state index contributed by atoms with van der Waals surface area (Å²) in [6.07, 6.45) is 1.72. The van der Waals surface area contributed by atoms with Gasteiger partial charge in [-0.3, -0.25) is 0 Å². The molecule has 0 bridgehead atoms. The molecule has 0 amide bonds. The van der Waals surface area contributed by atoms with E-state index in [1.807, 2.05) is 18.2 Å². The molecule has 6 heteroatoms. The number of carbonyl (C=O) groups is 1. The molecule has 6 nitrogen and oxygen atoms in total. The third-order valence-corrected chi connectivity index (χ3v) is 4.54. The van der Waals surface area contributed by atoms with Crippen LogP contribution in [0.4, 0.5) is 0 Å². The molecule has 0 radical (unpaired) electrons. The zero-order chi connectivity index (χ0) is 22.2. The Morgan fingerprint density at radius 3 is 2.19 bits per heavy atom. The predicted octanol–water partition coefficient (Wildman–Crippen LogP) is 5.00. The molecule has 0 aromatic heterocycles. The summed E-state index contributed by atoms with van der Waals surface area (Å²) in [5.41, 5.74) is 2.21. The molecule has 0 spiro atoms. The third-order valence-electron chi connectivity index (χ3n) is 4.54. The smallest absolute Gasteiger partial charge is 0.343 e. The highest BCUT2D eigenvalue weighted by molar-refractivity contribution is 5.93. The topological polar surface area (TPSA) is 77.8 Å². The van der Waals surface area contributed by atoms with E-state index in [-0.39, 0.29) is 5.75 Å². The van der Waals surface area contributed by atoms with Gasteiger partial charge in [0.25, 0.3) is 0 Å². The Kier molecular flexibility index (Phi) is 6.92. The maximum absolute atomic E-state index is 12.5. The second kappa shape index (κ2) is 9.99. The van der Waals surface area contributed by atoms with Crippen LogP contribution in [0, 0.1) is 11.3 Å². The average molecular weight is 415 g/mol. The van der Waals surface area contributed by atoms with Crippen molar-refractivity contribution < 1.29 is 23.7 Å². The molecule has 0 unspecified atom stereocenters. The molecule has 0 saturated carbocycles. The summed E-state index contributed by atoms with van der Waals surface area (Å²) >= 11 is 0. The van der Waals surface area contributed by atoms with Crippen LogP contribution in [-0.4, -0.2) is 27.3 Å². The summed E-state index contributed by atoms with van der Waals surface area (Å²) in [4.78, 5) is 12.5. The van der Waals surface area contributed by atoms with E-state index in [1.165, 1.54) is 7.11 Å². The van der Waals surface area contributed by atoms with Crippen LogP contribution in [0.15, 0.2) is 66.7 Å². The van der Waals surface area contributed by atoms with Gasteiger partial charge >= 0.3 is 5.97 Å². The van der Waals surface area contributed by atoms with Gasteiger partial charge in [-0.25, -0.2) is 4.79 Å². The van der Waals surface area contributed by atoms with Gasteiger partial charge in [0.05, 0.1) is 38.5 Å². The Morgan fingerprint density at radius 2 is 1.55 bits per heavy atom. The van der Waals surface area contributed by atoms with Crippen molar-refractivity contribution in [2.24, 2.45) is 0 Å². The van der Waals surface area contributed by atoms with E-state index in [2.05, 4.69) is 6.07 Å². The van der Waals surface area contributed by atoms with Gasteiger partial charge in [0.2, 0.25) is 0 Å². The van der Waals surface area contributed by atoms with Crippen LogP contribution in [0.1, 0.15) is 21.5 Å². The van der Waals surface area contributed by atoms with Crippen molar-refractivity contribution in [3.63, 3.8) is 0 Å². The van der Waals surface area contributed by atoms with E-state index in [4.69, 9.17) is 18.9 Å². The Bertz CT molecular complexity index is 1140. The Balaban J connectivity index is 1.87. The van der Waals surface area contributed by atoms with E-state index < -0.39 is 5.97 Å². The van der Waals surface area contributed by atoms with Gasteiger partial charge in [-0.1, -0.05) is 18.2 Å². The molecule has 0 heterocycles. The highest BCUT2D eigenvalue weighted by atomic mass is 16.6. The maximum atomic E-state index is 12.5. The molecule has 3 aromatic carbocycles. The number of carbonyl (C=O) groups excluding carboxylic acids is 1. The number of allylic oxidation sites excluding steroid dienone is 1. The van der Waals surface area contributed by atoms with Crippen LogP contribution in [-0.2, 0) is 0 Å². The van der Waals surface area contributed by atoms with Crippen molar-refractivity contribution >= 4 is 17.6 Å². The van der Waals surface area contributed by atoms with Crippen LogP contribution < -0.4 is 18.9 Å². The molecule has 0 aliphatic rings. The summed E-state index contributed by atoms with van der Waals surface area (Å²) in [5.74, 6) is 1.38. The largest absolute Gasteiger partial charge is 0.497 e. The second-order valence-electron chi connectivity index (χ2n) is 6.40. The first-order valence-corrected chi connectivity index (χ1v) is 9.39. The van der Waals surface area contributed by atoms with Crippen LogP contribution >= 0.6 is 0 Å². The lowest BCUT2D eigenvalue weighted by Gasteiger charge is -2.11. The summed E-state index contributed by atoms with van der Waals surface area (Å²) in [6.45, 7) is 0. The highest BCUT2D eigenvalue weighted by Gasteiger charge is 2.14. The molecule has 0 fully saturated rings. The lowest BCUT2D eigenvalue weighted by atomic mass is 10.0. The molecule has 0 aliphatic heterocycles. The molecule has 0 saturated heterocycles. The number of ether oxygens (including phenoxy) is 4. The number of esters is 1. The van der Waals surface area contributed by atoms with Gasteiger partial charge in [0.15, 0.2) is 11.5 Å². The second-order valence-corrected chi connectivity index (χ2v) is 6.40. The van der Waals surface area contributed by atoms with E-state index in [9.17, 15) is 10.1 Å². The fraction of sp³-hybridized carbons (Fsp3) is 0.120. The number of methoxy groups -OCH3 is 3. The van der Waals surface area contributed by atoms with E-state index in [0.29, 0.717) is 39.5 Å². The van der Waals surface area contributed by atoms with Crippen LogP contribution in [0.3, 0.4) is 0 Å². The molecule has 0 N–H and O–H groups in total. The minimum Gasteiger partial charge on any atom is -0.497 e. The lowest BCUT2D eigenvalue weighted by molar-refractivity contribution is 0.0729. The SMILES string of the molecule is COc1ccc(C(=O)Oc2ccc(/C=C(/C#N)c3ccccc3OC)cc2OC)cc1. The van der Waals surface area contributed by atoms with E-state index >= 15 is 0 Å². The zero-order valence-corrected chi connectivity index (χ0v) is 17.4. The molecule has 0 atom stereocenters. The number of hydrogen-bond acceptors (Lipinski definition) is 6. The molecular weight excluding hydrogens is 394 g/mol.